The van der Waals surface area contributed by atoms with Gasteiger partial charge in [0, 0.05) is 24.2 Å². The molecule has 1 aliphatic rings. The van der Waals surface area contributed by atoms with Crippen LogP contribution in [-0.4, -0.2) is 42.1 Å². The van der Waals surface area contributed by atoms with Crippen LogP contribution in [0.5, 0.6) is 11.5 Å². The smallest absolute Gasteiger partial charge is 0.309 e. The molecule has 2 rings (SSSR count). The molecule has 0 aliphatic carbocycles. The first kappa shape index (κ1) is 17.1. The van der Waals surface area contributed by atoms with Crippen molar-refractivity contribution < 1.29 is 24.2 Å². The highest BCUT2D eigenvalue weighted by Crippen LogP contribution is 2.36. The molecule has 23 heavy (non-hydrogen) atoms. The summed E-state index contributed by atoms with van der Waals surface area (Å²) in [6, 6.07) is 5.10. The van der Waals surface area contributed by atoms with Crippen LogP contribution in [0, 0.1) is 11.8 Å². The number of nitrogens with zero attached hydrogens (tertiary/aromatic N) is 1. The number of hydrogen-bond acceptors (Lipinski definition) is 4. The number of amides is 1. The lowest BCUT2D eigenvalue weighted by Gasteiger charge is -2.26. The highest BCUT2D eigenvalue weighted by molar-refractivity contribution is 5.89. The third-order valence-electron chi connectivity index (χ3n) is 4.56. The minimum absolute atomic E-state index is 0.123. The van der Waals surface area contributed by atoms with E-state index in [2.05, 4.69) is 0 Å². The average molecular weight is 321 g/mol. The quantitative estimate of drug-likeness (QED) is 0.869. The molecule has 126 valence electrons. The first-order valence-electron chi connectivity index (χ1n) is 7.68. The summed E-state index contributed by atoms with van der Waals surface area (Å²) in [5.41, 5.74) is 0.832. The van der Waals surface area contributed by atoms with Crippen LogP contribution in [0.2, 0.25) is 0 Å². The molecule has 3 atom stereocenters. The van der Waals surface area contributed by atoms with Crippen molar-refractivity contribution >= 4 is 11.9 Å². The van der Waals surface area contributed by atoms with Gasteiger partial charge >= 0.3 is 5.97 Å². The molecule has 6 heteroatoms. The Morgan fingerprint density at radius 2 is 2.00 bits per heavy atom. The van der Waals surface area contributed by atoms with Crippen LogP contribution < -0.4 is 9.47 Å². The molecule has 0 radical (unpaired) electrons. The van der Waals surface area contributed by atoms with Gasteiger partial charge in [-0.3, -0.25) is 9.59 Å². The highest BCUT2D eigenvalue weighted by atomic mass is 16.5. The van der Waals surface area contributed by atoms with Crippen molar-refractivity contribution in [3.8, 4) is 11.5 Å². The Kier molecular flexibility index (Phi) is 5.13. The van der Waals surface area contributed by atoms with Crippen molar-refractivity contribution in [1.29, 1.82) is 0 Å². The molecule has 1 aromatic rings. The zero-order chi connectivity index (χ0) is 17.1. The SMILES string of the molecule is CCC1C(C(=O)O)C(C)C(=O)N1Cc1ccc(OC)cc1OC. The van der Waals surface area contributed by atoms with E-state index in [0.717, 1.165) is 5.56 Å². The number of aliphatic carboxylic acids is 1. The lowest BCUT2D eigenvalue weighted by atomic mass is 9.90. The Morgan fingerprint density at radius 3 is 2.52 bits per heavy atom. The molecule has 1 fully saturated rings. The number of hydrogen-bond donors (Lipinski definition) is 1. The lowest BCUT2D eigenvalue weighted by molar-refractivity contribution is -0.144. The molecule has 0 spiro atoms. The fourth-order valence-corrected chi connectivity index (χ4v) is 3.32. The van der Waals surface area contributed by atoms with Gasteiger partial charge < -0.3 is 19.5 Å². The summed E-state index contributed by atoms with van der Waals surface area (Å²) in [5, 5.41) is 9.44. The van der Waals surface area contributed by atoms with E-state index in [-0.39, 0.29) is 11.9 Å². The van der Waals surface area contributed by atoms with Crippen LogP contribution in [0.4, 0.5) is 0 Å². The van der Waals surface area contributed by atoms with E-state index >= 15 is 0 Å². The minimum atomic E-state index is -0.915. The molecule has 0 aromatic heterocycles. The van der Waals surface area contributed by atoms with Crippen molar-refractivity contribution in [3.05, 3.63) is 23.8 Å². The largest absolute Gasteiger partial charge is 0.497 e. The van der Waals surface area contributed by atoms with E-state index in [1.54, 1.807) is 38.2 Å². The first-order chi connectivity index (χ1) is 10.9. The van der Waals surface area contributed by atoms with Gasteiger partial charge in [-0.2, -0.15) is 0 Å². The van der Waals surface area contributed by atoms with Crippen molar-refractivity contribution in [3.63, 3.8) is 0 Å². The summed E-state index contributed by atoms with van der Waals surface area (Å²) in [5.74, 6) is -0.928. The number of carboxylic acid groups (broad SMARTS) is 1. The lowest BCUT2D eigenvalue weighted by Crippen LogP contribution is -2.36. The molecule has 3 unspecified atom stereocenters. The normalized spacial score (nSPS) is 23.9. The second kappa shape index (κ2) is 6.89. The van der Waals surface area contributed by atoms with Gasteiger partial charge in [0.05, 0.1) is 26.1 Å². The number of methoxy groups -OCH3 is 2. The molecule has 6 nitrogen and oxygen atoms in total. The van der Waals surface area contributed by atoms with Gasteiger partial charge in [-0.05, 0) is 18.6 Å². The Bertz CT molecular complexity index is 601. The van der Waals surface area contributed by atoms with E-state index in [1.807, 2.05) is 13.0 Å². The second-order valence-corrected chi connectivity index (χ2v) is 5.77. The molecule has 0 bridgehead atoms. The number of benzene rings is 1. The van der Waals surface area contributed by atoms with Crippen LogP contribution in [-0.2, 0) is 16.1 Å². The summed E-state index contributed by atoms with van der Waals surface area (Å²) < 4.78 is 10.5. The van der Waals surface area contributed by atoms with Crippen LogP contribution in [0.15, 0.2) is 18.2 Å². The van der Waals surface area contributed by atoms with Crippen LogP contribution in [0.25, 0.3) is 0 Å². The van der Waals surface area contributed by atoms with Gasteiger partial charge in [0.25, 0.3) is 0 Å². The summed E-state index contributed by atoms with van der Waals surface area (Å²) in [7, 11) is 3.13. The fourth-order valence-electron chi connectivity index (χ4n) is 3.32. The second-order valence-electron chi connectivity index (χ2n) is 5.77. The molecule has 1 aromatic carbocycles. The Hall–Kier alpha value is -2.24. The number of rotatable bonds is 6. The Balaban J connectivity index is 2.31. The Morgan fingerprint density at radius 1 is 1.30 bits per heavy atom. The van der Waals surface area contributed by atoms with Gasteiger partial charge in [-0.15, -0.1) is 0 Å². The van der Waals surface area contributed by atoms with Gasteiger partial charge in [-0.25, -0.2) is 0 Å². The van der Waals surface area contributed by atoms with E-state index in [4.69, 9.17) is 9.47 Å². The van der Waals surface area contributed by atoms with Crippen LogP contribution in [0.1, 0.15) is 25.8 Å². The number of carboxylic acids is 1. The summed E-state index contributed by atoms with van der Waals surface area (Å²) in [6.45, 7) is 3.93. The average Bonchev–Trinajstić information content (AvgIpc) is 2.79. The van der Waals surface area contributed by atoms with Crippen molar-refractivity contribution in [2.45, 2.75) is 32.9 Å². The monoisotopic (exact) mass is 321 g/mol. The number of likely N-dealkylation sites (tertiary alicyclic amines) is 1. The van der Waals surface area contributed by atoms with Gasteiger partial charge in [-0.1, -0.05) is 13.8 Å². The molecule has 1 saturated heterocycles. The predicted molar refractivity (Wildman–Crippen MR) is 84.5 cm³/mol. The molecule has 1 heterocycles. The zero-order valence-electron chi connectivity index (χ0n) is 13.9. The van der Waals surface area contributed by atoms with E-state index in [0.29, 0.717) is 24.5 Å². The maximum absolute atomic E-state index is 12.5. The van der Waals surface area contributed by atoms with Crippen LogP contribution >= 0.6 is 0 Å². The summed E-state index contributed by atoms with van der Waals surface area (Å²) in [4.78, 5) is 25.7. The van der Waals surface area contributed by atoms with Crippen molar-refractivity contribution in [1.82, 2.24) is 4.90 Å². The van der Waals surface area contributed by atoms with Crippen molar-refractivity contribution in [2.24, 2.45) is 11.8 Å². The fraction of sp³-hybridized carbons (Fsp3) is 0.529. The van der Waals surface area contributed by atoms with Crippen molar-refractivity contribution in [2.75, 3.05) is 14.2 Å². The molecular formula is C17H23NO5. The summed E-state index contributed by atoms with van der Waals surface area (Å²) in [6.07, 6.45) is 0.603. The van der Waals surface area contributed by atoms with Gasteiger partial charge in [0.15, 0.2) is 0 Å². The molecule has 1 N–H and O–H groups in total. The third kappa shape index (κ3) is 3.11. The third-order valence-corrected chi connectivity index (χ3v) is 4.56. The molecule has 1 aliphatic heterocycles. The highest BCUT2D eigenvalue weighted by Gasteiger charge is 2.48. The topological polar surface area (TPSA) is 76.1 Å². The number of carbonyl (C=O) groups is 2. The molecule has 0 saturated carbocycles. The standard InChI is InChI=1S/C17H23NO5/c1-5-13-15(17(20)21)10(2)16(19)18(13)9-11-6-7-12(22-3)8-14(11)23-4/h6-8,10,13,15H,5,9H2,1-4H3,(H,20,21). The van der Waals surface area contributed by atoms with E-state index in [9.17, 15) is 14.7 Å². The molecule has 1 amide bonds. The first-order valence-corrected chi connectivity index (χ1v) is 7.68. The van der Waals surface area contributed by atoms with E-state index < -0.39 is 17.8 Å². The van der Waals surface area contributed by atoms with Crippen LogP contribution in [0.3, 0.4) is 0 Å². The van der Waals surface area contributed by atoms with Gasteiger partial charge in [0.2, 0.25) is 5.91 Å². The Labute approximate surface area is 136 Å². The minimum Gasteiger partial charge on any atom is -0.497 e. The number of ether oxygens (including phenoxy) is 2. The number of carbonyl (C=O) groups excluding carboxylic acids is 1. The van der Waals surface area contributed by atoms with Gasteiger partial charge in [0.1, 0.15) is 11.5 Å². The summed E-state index contributed by atoms with van der Waals surface area (Å²) >= 11 is 0. The maximum Gasteiger partial charge on any atom is 0.309 e. The molecular weight excluding hydrogens is 298 g/mol. The maximum atomic E-state index is 12.5. The van der Waals surface area contributed by atoms with E-state index in [1.165, 1.54) is 0 Å². The zero-order valence-corrected chi connectivity index (χ0v) is 13.9. The predicted octanol–water partition coefficient (Wildman–Crippen LogP) is 2.16.